The van der Waals surface area contributed by atoms with Gasteiger partial charge in [-0.2, -0.15) is 0 Å². The van der Waals surface area contributed by atoms with Crippen LogP contribution in [0, 0.1) is 10.8 Å². The van der Waals surface area contributed by atoms with Crippen molar-refractivity contribution in [3.8, 4) is 0 Å². The molecule has 0 spiro atoms. The van der Waals surface area contributed by atoms with Gasteiger partial charge in [-0.15, -0.1) is 0 Å². The van der Waals surface area contributed by atoms with E-state index < -0.39 is 0 Å². The lowest BCUT2D eigenvalue weighted by Gasteiger charge is -2.63. The van der Waals surface area contributed by atoms with E-state index in [-0.39, 0.29) is 16.2 Å². The fourth-order valence-corrected chi connectivity index (χ4v) is 5.78. The Kier molecular flexibility index (Phi) is 3.50. The molecule has 1 aromatic rings. The third-order valence-electron chi connectivity index (χ3n) is 6.89. The number of aldehydes is 1. The first-order valence-corrected chi connectivity index (χ1v) is 8.58. The molecule has 21 heavy (non-hydrogen) atoms. The fourth-order valence-electron chi connectivity index (χ4n) is 5.78. The van der Waals surface area contributed by atoms with Gasteiger partial charge in [-0.05, 0) is 54.1 Å². The Morgan fingerprint density at radius 2 is 1.90 bits per heavy atom. The zero-order chi connectivity index (χ0) is 15.1. The van der Waals surface area contributed by atoms with Crippen LogP contribution in [-0.2, 0) is 16.6 Å². The minimum absolute atomic E-state index is 0.142. The minimum Gasteiger partial charge on any atom is -0.303 e. The van der Waals surface area contributed by atoms with Crippen LogP contribution in [0.1, 0.15) is 70.4 Å². The van der Waals surface area contributed by atoms with Crippen LogP contribution in [0.2, 0.25) is 0 Å². The molecular weight excluding hydrogens is 256 g/mol. The highest BCUT2D eigenvalue weighted by Gasteiger charge is 2.61. The molecule has 0 bridgehead atoms. The molecule has 3 rings (SSSR count). The first-order chi connectivity index (χ1) is 10.0. The second-order valence-corrected chi connectivity index (χ2v) is 7.71. The summed E-state index contributed by atoms with van der Waals surface area (Å²) in [6.45, 7) is 6.96. The maximum Gasteiger partial charge on any atom is 0.126 e. The van der Waals surface area contributed by atoms with Crippen molar-refractivity contribution in [3.63, 3.8) is 0 Å². The number of hydrogen-bond donors (Lipinski definition) is 0. The summed E-state index contributed by atoms with van der Waals surface area (Å²) in [6, 6.07) is 8.97. The predicted octanol–water partition coefficient (Wildman–Crippen LogP) is 5.07. The molecule has 3 unspecified atom stereocenters. The van der Waals surface area contributed by atoms with Crippen molar-refractivity contribution >= 4 is 6.29 Å². The van der Waals surface area contributed by atoms with E-state index >= 15 is 0 Å². The standard InChI is InChI=1S/C20H28O/c1-4-11-20-14-10-16-8-5-6-9-17(16)19(20,3)13-7-12-18(20,2)15-21/h5-6,8-9,15H,4,7,10-14H2,1-3H3. The van der Waals surface area contributed by atoms with Crippen LogP contribution in [0.15, 0.2) is 24.3 Å². The average Bonchev–Trinajstić information content (AvgIpc) is 2.50. The summed E-state index contributed by atoms with van der Waals surface area (Å²) in [6.07, 6.45) is 9.41. The lowest BCUT2D eigenvalue weighted by molar-refractivity contribution is -0.138. The van der Waals surface area contributed by atoms with Crippen molar-refractivity contribution in [1.82, 2.24) is 0 Å². The quantitative estimate of drug-likeness (QED) is 0.708. The second kappa shape index (κ2) is 4.97. The number of fused-ring (bicyclic) bond motifs is 3. The molecule has 0 aromatic heterocycles. The molecule has 0 radical (unpaired) electrons. The van der Waals surface area contributed by atoms with Crippen LogP contribution in [0.3, 0.4) is 0 Å². The number of benzene rings is 1. The first-order valence-electron chi connectivity index (χ1n) is 8.58. The van der Waals surface area contributed by atoms with E-state index in [4.69, 9.17) is 0 Å². The molecule has 114 valence electrons. The molecule has 1 heteroatoms. The molecule has 0 amide bonds. The summed E-state index contributed by atoms with van der Waals surface area (Å²) >= 11 is 0. The zero-order valence-electron chi connectivity index (χ0n) is 13.7. The number of hydrogen-bond acceptors (Lipinski definition) is 1. The number of carbonyl (C=O) groups is 1. The minimum atomic E-state index is -0.163. The summed E-state index contributed by atoms with van der Waals surface area (Å²) in [5, 5.41) is 0. The number of carbonyl (C=O) groups excluding carboxylic acids is 1. The van der Waals surface area contributed by atoms with E-state index in [0.717, 1.165) is 12.8 Å². The molecule has 3 atom stereocenters. The van der Waals surface area contributed by atoms with E-state index in [9.17, 15) is 4.79 Å². The van der Waals surface area contributed by atoms with Gasteiger partial charge in [0.1, 0.15) is 6.29 Å². The Morgan fingerprint density at radius 1 is 1.14 bits per heavy atom. The van der Waals surface area contributed by atoms with Crippen molar-refractivity contribution in [2.45, 2.75) is 71.1 Å². The molecule has 0 saturated heterocycles. The SMILES string of the molecule is CCCC12CCc3ccccc3C1(C)CCCC2(C)C=O. The van der Waals surface area contributed by atoms with Crippen LogP contribution in [0.5, 0.6) is 0 Å². The zero-order valence-corrected chi connectivity index (χ0v) is 13.7. The molecule has 1 aromatic carbocycles. The van der Waals surface area contributed by atoms with Crippen molar-refractivity contribution in [2.75, 3.05) is 0 Å². The normalized spacial score (nSPS) is 38.4. The summed E-state index contributed by atoms with van der Waals surface area (Å²) < 4.78 is 0. The van der Waals surface area contributed by atoms with E-state index in [1.807, 2.05) is 0 Å². The largest absolute Gasteiger partial charge is 0.303 e. The molecule has 2 aliphatic carbocycles. The molecule has 2 aliphatic rings. The van der Waals surface area contributed by atoms with E-state index in [1.165, 1.54) is 49.5 Å². The van der Waals surface area contributed by atoms with Crippen molar-refractivity contribution in [1.29, 1.82) is 0 Å². The van der Waals surface area contributed by atoms with E-state index in [0.29, 0.717) is 0 Å². The van der Waals surface area contributed by atoms with Crippen LogP contribution >= 0.6 is 0 Å². The van der Waals surface area contributed by atoms with Gasteiger partial charge in [-0.25, -0.2) is 0 Å². The molecule has 0 heterocycles. The van der Waals surface area contributed by atoms with Crippen molar-refractivity contribution < 1.29 is 4.79 Å². The van der Waals surface area contributed by atoms with Crippen LogP contribution in [-0.4, -0.2) is 6.29 Å². The summed E-state index contributed by atoms with van der Waals surface area (Å²) in [4.78, 5) is 12.1. The summed E-state index contributed by atoms with van der Waals surface area (Å²) in [5.74, 6) is 0. The van der Waals surface area contributed by atoms with Crippen LogP contribution < -0.4 is 0 Å². The lowest BCUT2D eigenvalue weighted by atomic mass is 9.40. The fraction of sp³-hybridized carbons (Fsp3) is 0.650. The van der Waals surface area contributed by atoms with Gasteiger partial charge in [0.05, 0.1) is 0 Å². The van der Waals surface area contributed by atoms with Crippen molar-refractivity contribution in [3.05, 3.63) is 35.4 Å². The maximum absolute atomic E-state index is 12.1. The first kappa shape index (κ1) is 14.8. The maximum atomic E-state index is 12.1. The van der Waals surface area contributed by atoms with Gasteiger partial charge < -0.3 is 4.79 Å². The Morgan fingerprint density at radius 3 is 2.62 bits per heavy atom. The second-order valence-electron chi connectivity index (χ2n) is 7.71. The highest BCUT2D eigenvalue weighted by atomic mass is 16.1. The Bertz CT molecular complexity index is 549. The highest BCUT2D eigenvalue weighted by molar-refractivity contribution is 5.63. The lowest BCUT2D eigenvalue weighted by Crippen LogP contribution is -2.59. The Hall–Kier alpha value is -1.11. The number of rotatable bonds is 3. The van der Waals surface area contributed by atoms with Gasteiger partial charge in [-0.3, -0.25) is 0 Å². The predicted molar refractivity (Wildman–Crippen MR) is 87.5 cm³/mol. The van der Waals surface area contributed by atoms with E-state index in [2.05, 4.69) is 45.0 Å². The molecule has 1 fully saturated rings. The van der Waals surface area contributed by atoms with Gasteiger partial charge in [0, 0.05) is 5.41 Å². The molecule has 0 aliphatic heterocycles. The van der Waals surface area contributed by atoms with Gasteiger partial charge in [0.2, 0.25) is 0 Å². The monoisotopic (exact) mass is 284 g/mol. The van der Waals surface area contributed by atoms with Crippen molar-refractivity contribution in [2.24, 2.45) is 10.8 Å². The van der Waals surface area contributed by atoms with Crippen LogP contribution in [0.4, 0.5) is 0 Å². The van der Waals surface area contributed by atoms with Gasteiger partial charge in [-0.1, -0.05) is 57.9 Å². The topological polar surface area (TPSA) is 17.1 Å². The Balaban J connectivity index is 2.22. The summed E-state index contributed by atoms with van der Waals surface area (Å²) in [7, 11) is 0. The molecular formula is C20H28O. The molecule has 1 saturated carbocycles. The molecule has 0 N–H and O–H groups in total. The van der Waals surface area contributed by atoms with Gasteiger partial charge in [0.15, 0.2) is 0 Å². The Labute approximate surface area is 129 Å². The van der Waals surface area contributed by atoms with Gasteiger partial charge >= 0.3 is 0 Å². The summed E-state index contributed by atoms with van der Waals surface area (Å²) in [5.41, 5.74) is 3.18. The van der Waals surface area contributed by atoms with Gasteiger partial charge in [0.25, 0.3) is 0 Å². The molecule has 1 nitrogen and oxygen atoms in total. The smallest absolute Gasteiger partial charge is 0.126 e. The van der Waals surface area contributed by atoms with Crippen LogP contribution in [0.25, 0.3) is 0 Å². The average molecular weight is 284 g/mol. The van der Waals surface area contributed by atoms with E-state index in [1.54, 1.807) is 0 Å². The third kappa shape index (κ3) is 1.79. The highest BCUT2D eigenvalue weighted by Crippen LogP contribution is 2.66. The number of aryl methyl sites for hydroxylation is 1. The third-order valence-corrected chi connectivity index (χ3v) is 6.89.